The van der Waals surface area contributed by atoms with E-state index in [9.17, 15) is 4.39 Å². The molecule has 1 aliphatic rings. The number of hydrogen-bond acceptors (Lipinski definition) is 5. The van der Waals surface area contributed by atoms with Crippen LogP contribution in [0.15, 0.2) is 40.9 Å². The molecule has 0 amide bonds. The van der Waals surface area contributed by atoms with Gasteiger partial charge in [-0.25, -0.2) is 4.39 Å². The second kappa shape index (κ2) is 8.54. The van der Waals surface area contributed by atoms with Crippen LogP contribution in [0, 0.1) is 5.82 Å². The fourth-order valence-corrected chi connectivity index (χ4v) is 4.95. The zero-order valence-corrected chi connectivity index (χ0v) is 16.9. The summed E-state index contributed by atoms with van der Waals surface area (Å²) in [5.74, 6) is 1.22. The second-order valence-corrected chi connectivity index (χ2v) is 8.53. The molecule has 3 aromatic rings. The molecule has 0 radical (unpaired) electrons. The maximum atomic E-state index is 14.0. The van der Waals surface area contributed by atoms with Crippen molar-refractivity contribution in [3.05, 3.63) is 52.0 Å². The van der Waals surface area contributed by atoms with Crippen LogP contribution in [0.4, 0.5) is 4.39 Å². The highest BCUT2D eigenvalue weighted by Gasteiger charge is 2.22. The van der Waals surface area contributed by atoms with Crippen LogP contribution >= 0.6 is 23.1 Å². The third-order valence-electron chi connectivity index (χ3n) is 4.70. The summed E-state index contributed by atoms with van der Waals surface area (Å²) in [4.78, 5) is 1.33. The van der Waals surface area contributed by atoms with Gasteiger partial charge in [0.2, 0.25) is 0 Å². The smallest absolute Gasteiger partial charge is 0.191 e. The van der Waals surface area contributed by atoms with Gasteiger partial charge in [-0.15, -0.1) is 21.5 Å². The van der Waals surface area contributed by atoms with Crippen LogP contribution in [0.3, 0.4) is 0 Å². The van der Waals surface area contributed by atoms with Crippen LogP contribution in [-0.2, 0) is 23.5 Å². The minimum atomic E-state index is -0.180. The fraction of sp³-hybridized carbons (Fsp3) is 0.400. The molecule has 4 rings (SSSR count). The van der Waals surface area contributed by atoms with E-state index in [2.05, 4.69) is 33.1 Å². The summed E-state index contributed by atoms with van der Waals surface area (Å²) in [5, 5.41) is 11.8. The normalized spacial score (nSPS) is 16.9. The molecule has 0 spiro atoms. The first-order valence-electron chi connectivity index (χ1n) is 9.23. The fourth-order valence-electron chi connectivity index (χ4n) is 3.21. The third-order valence-corrected chi connectivity index (χ3v) is 6.80. The van der Waals surface area contributed by atoms with Crippen molar-refractivity contribution < 1.29 is 9.13 Å². The van der Waals surface area contributed by atoms with E-state index in [1.807, 2.05) is 12.1 Å². The topological polar surface area (TPSA) is 39.9 Å². The standard InChI is InChI=1S/C20H22FN3OS2/c1-2-17-10-15(13-26-17)19-22-23-20(24(19)11-16-7-5-9-25-16)27-12-14-6-3-4-8-18(14)21/h3-4,6,8,10,13,16H,2,5,7,9,11-12H2,1H3. The monoisotopic (exact) mass is 403 g/mol. The average Bonchev–Trinajstić information content (AvgIpc) is 3.42. The lowest BCUT2D eigenvalue weighted by molar-refractivity contribution is 0.0953. The molecule has 1 unspecified atom stereocenters. The van der Waals surface area contributed by atoms with Crippen molar-refractivity contribution in [1.82, 2.24) is 14.8 Å². The molecule has 142 valence electrons. The second-order valence-electron chi connectivity index (χ2n) is 6.59. The Balaban J connectivity index is 1.60. The Morgan fingerprint density at radius 1 is 1.33 bits per heavy atom. The maximum absolute atomic E-state index is 14.0. The summed E-state index contributed by atoms with van der Waals surface area (Å²) in [5.41, 5.74) is 1.78. The minimum absolute atomic E-state index is 0.180. The number of aromatic nitrogens is 3. The van der Waals surface area contributed by atoms with Crippen LogP contribution in [-0.4, -0.2) is 27.5 Å². The molecular formula is C20H22FN3OS2. The lowest BCUT2D eigenvalue weighted by Crippen LogP contribution is -2.16. The quantitative estimate of drug-likeness (QED) is 0.510. The third kappa shape index (κ3) is 4.25. The number of thioether (sulfide) groups is 1. The van der Waals surface area contributed by atoms with Crippen molar-refractivity contribution in [3.8, 4) is 11.4 Å². The van der Waals surface area contributed by atoms with Gasteiger partial charge in [-0.1, -0.05) is 36.9 Å². The SMILES string of the molecule is CCc1cc(-c2nnc(SCc3ccccc3F)n2CC2CCCO2)cs1. The lowest BCUT2D eigenvalue weighted by Gasteiger charge is -2.14. The summed E-state index contributed by atoms with van der Waals surface area (Å²) in [7, 11) is 0. The summed E-state index contributed by atoms with van der Waals surface area (Å²) in [6.45, 7) is 3.71. The number of benzene rings is 1. The van der Waals surface area contributed by atoms with E-state index in [-0.39, 0.29) is 11.9 Å². The molecule has 0 aliphatic carbocycles. The van der Waals surface area contributed by atoms with Gasteiger partial charge >= 0.3 is 0 Å². The molecule has 0 bridgehead atoms. The van der Waals surface area contributed by atoms with Gasteiger partial charge in [-0.2, -0.15) is 0 Å². The van der Waals surface area contributed by atoms with Gasteiger partial charge in [0.05, 0.1) is 12.6 Å². The van der Waals surface area contributed by atoms with Crippen molar-refractivity contribution in [3.63, 3.8) is 0 Å². The summed E-state index contributed by atoms with van der Waals surface area (Å²) >= 11 is 3.27. The predicted molar refractivity (Wildman–Crippen MR) is 108 cm³/mol. The highest BCUT2D eigenvalue weighted by Crippen LogP contribution is 2.31. The highest BCUT2D eigenvalue weighted by atomic mass is 32.2. The first-order valence-corrected chi connectivity index (χ1v) is 11.1. The van der Waals surface area contributed by atoms with E-state index in [0.717, 1.165) is 49.0 Å². The Morgan fingerprint density at radius 2 is 2.22 bits per heavy atom. The summed E-state index contributed by atoms with van der Waals surface area (Å²) in [6, 6.07) is 9.07. The molecule has 27 heavy (non-hydrogen) atoms. The van der Waals surface area contributed by atoms with E-state index < -0.39 is 0 Å². The Hall–Kier alpha value is -1.70. The van der Waals surface area contributed by atoms with E-state index >= 15 is 0 Å². The number of halogens is 1. The molecule has 7 heteroatoms. The molecule has 1 atom stereocenters. The molecule has 1 fully saturated rings. The molecule has 3 heterocycles. The highest BCUT2D eigenvalue weighted by molar-refractivity contribution is 7.98. The number of nitrogens with zero attached hydrogens (tertiary/aromatic N) is 3. The van der Waals surface area contributed by atoms with Gasteiger partial charge in [0.1, 0.15) is 5.82 Å². The van der Waals surface area contributed by atoms with Crippen LogP contribution < -0.4 is 0 Å². The molecule has 1 aliphatic heterocycles. The van der Waals surface area contributed by atoms with Gasteiger partial charge in [-0.05, 0) is 37.0 Å². The Bertz CT molecular complexity index is 902. The van der Waals surface area contributed by atoms with Crippen LogP contribution in [0.5, 0.6) is 0 Å². The molecule has 2 aromatic heterocycles. The molecule has 1 aromatic carbocycles. The summed E-state index contributed by atoms with van der Waals surface area (Å²) in [6.07, 6.45) is 3.35. The van der Waals surface area contributed by atoms with Crippen molar-refractivity contribution in [1.29, 1.82) is 0 Å². The maximum Gasteiger partial charge on any atom is 0.191 e. The van der Waals surface area contributed by atoms with Crippen molar-refractivity contribution in [2.24, 2.45) is 0 Å². The molecule has 0 N–H and O–H groups in total. The van der Waals surface area contributed by atoms with Gasteiger partial charge in [0.15, 0.2) is 11.0 Å². The van der Waals surface area contributed by atoms with Gasteiger partial charge in [0, 0.05) is 28.2 Å². The Labute approximate surface area is 166 Å². The number of rotatable bonds is 7. The van der Waals surface area contributed by atoms with E-state index in [1.165, 1.54) is 22.7 Å². The van der Waals surface area contributed by atoms with Crippen LogP contribution in [0.2, 0.25) is 0 Å². The predicted octanol–water partition coefficient (Wildman–Crippen LogP) is 5.18. The van der Waals surface area contributed by atoms with Crippen molar-refractivity contribution in [2.45, 2.75) is 49.7 Å². The zero-order chi connectivity index (χ0) is 18.6. The largest absolute Gasteiger partial charge is 0.376 e. The minimum Gasteiger partial charge on any atom is -0.376 e. The summed E-state index contributed by atoms with van der Waals surface area (Å²) < 4.78 is 21.9. The Morgan fingerprint density at radius 3 is 2.96 bits per heavy atom. The molecule has 1 saturated heterocycles. The average molecular weight is 404 g/mol. The Kier molecular flexibility index (Phi) is 5.90. The van der Waals surface area contributed by atoms with Gasteiger partial charge in [0.25, 0.3) is 0 Å². The number of ether oxygens (including phenoxy) is 1. The van der Waals surface area contributed by atoms with E-state index in [0.29, 0.717) is 11.3 Å². The first-order chi connectivity index (χ1) is 13.2. The number of hydrogen-bond donors (Lipinski definition) is 0. The van der Waals surface area contributed by atoms with E-state index in [1.54, 1.807) is 17.4 Å². The molecule has 4 nitrogen and oxygen atoms in total. The number of thiophene rings is 1. The first kappa shape index (κ1) is 18.7. The lowest BCUT2D eigenvalue weighted by atomic mass is 10.2. The van der Waals surface area contributed by atoms with Crippen molar-refractivity contribution in [2.75, 3.05) is 6.61 Å². The molecule has 0 saturated carbocycles. The zero-order valence-electron chi connectivity index (χ0n) is 15.2. The van der Waals surface area contributed by atoms with Crippen LogP contribution in [0.25, 0.3) is 11.4 Å². The van der Waals surface area contributed by atoms with E-state index in [4.69, 9.17) is 4.74 Å². The molecular weight excluding hydrogens is 381 g/mol. The van der Waals surface area contributed by atoms with Crippen LogP contribution in [0.1, 0.15) is 30.2 Å². The van der Waals surface area contributed by atoms with Gasteiger partial charge < -0.3 is 4.74 Å². The van der Waals surface area contributed by atoms with Gasteiger partial charge in [-0.3, -0.25) is 4.57 Å². The van der Waals surface area contributed by atoms with Crippen molar-refractivity contribution >= 4 is 23.1 Å². The number of aryl methyl sites for hydroxylation is 1.